The van der Waals surface area contributed by atoms with Crippen molar-refractivity contribution >= 4 is 11.9 Å². The number of hydrogen-bond acceptors (Lipinski definition) is 5. The fourth-order valence-corrected chi connectivity index (χ4v) is 3.31. The normalized spacial score (nSPS) is 22.0. The Morgan fingerprint density at radius 2 is 1.92 bits per heavy atom. The van der Waals surface area contributed by atoms with E-state index in [2.05, 4.69) is 24.1 Å². The molecule has 7 nitrogen and oxygen atoms in total. The van der Waals surface area contributed by atoms with E-state index in [4.69, 9.17) is 9.47 Å². The van der Waals surface area contributed by atoms with Gasteiger partial charge < -0.3 is 19.7 Å². The average Bonchev–Trinajstić information content (AvgIpc) is 3.13. The molecular weight excluding hydrogens is 322 g/mol. The third-order valence-corrected chi connectivity index (χ3v) is 4.87. The van der Waals surface area contributed by atoms with Crippen LogP contribution in [0, 0.1) is 0 Å². The van der Waals surface area contributed by atoms with Gasteiger partial charge in [0.25, 0.3) is 5.91 Å². The summed E-state index contributed by atoms with van der Waals surface area (Å²) < 4.78 is 10.7. The topological polar surface area (TPSA) is 71.1 Å². The first-order chi connectivity index (χ1) is 12.0. The summed E-state index contributed by atoms with van der Waals surface area (Å²) in [7, 11) is 0. The van der Waals surface area contributed by atoms with Crippen molar-refractivity contribution in [2.24, 2.45) is 0 Å². The van der Waals surface area contributed by atoms with E-state index in [9.17, 15) is 9.59 Å². The van der Waals surface area contributed by atoms with Crippen LogP contribution in [-0.2, 0) is 11.2 Å². The van der Waals surface area contributed by atoms with Crippen LogP contribution in [0.2, 0.25) is 0 Å². The maximum Gasteiger partial charge on any atom is 0.325 e. The lowest BCUT2D eigenvalue weighted by molar-refractivity contribution is -0.130. The Hall–Kier alpha value is -2.28. The quantitative estimate of drug-likeness (QED) is 0.759. The molecule has 2 aliphatic rings. The van der Waals surface area contributed by atoms with Gasteiger partial charge in [0.15, 0.2) is 11.5 Å². The zero-order chi connectivity index (χ0) is 18.0. The number of imide groups is 1. The fourth-order valence-electron chi connectivity index (χ4n) is 3.31. The predicted octanol–water partition coefficient (Wildman–Crippen LogP) is 1.61. The molecule has 0 unspecified atom stereocenters. The number of nitrogens with zero attached hydrogens (tertiary/aromatic N) is 2. The third kappa shape index (κ3) is 3.42. The van der Waals surface area contributed by atoms with Gasteiger partial charge in [0.1, 0.15) is 5.54 Å². The minimum absolute atomic E-state index is 0.178. The summed E-state index contributed by atoms with van der Waals surface area (Å²) in [4.78, 5) is 28.6. The highest BCUT2D eigenvalue weighted by molar-refractivity contribution is 6.07. The fraction of sp³-hybridized carbons (Fsp3) is 0.556. The molecule has 0 spiro atoms. The molecule has 1 aromatic rings. The number of rotatable bonds is 7. The summed E-state index contributed by atoms with van der Waals surface area (Å²) >= 11 is 0. The Labute approximate surface area is 147 Å². The molecule has 0 aromatic heterocycles. The molecule has 2 aliphatic heterocycles. The van der Waals surface area contributed by atoms with Crippen LogP contribution >= 0.6 is 0 Å². The summed E-state index contributed by atoms with van der Waals surface area (Å²) in [5.74, 6) is 1.20. The Bertz CT molecular complexity index is 674. The molecule has 1 N–H and O–H groups in total. The van der Waals surface area contributed by atoms with E-state index < -0.39 is 5.54 Å². The number of urea groups is 1. The second kappa shape index (κ2) is 6.92. The lowest BCUT2D eigenvalue weighted by Crippen LogP contribution is -2.46. The van der Waals surface area contributed by atoms with E-state index in [1.165, 1.54) is 4.90 Å². The number of hydrogen-bond donors (Lipinski definition) is 1. The van der Waals surface area contributed by atoms with E-state index in [0.29, 0.717) is 31.0 Å². The Morgan fingerprint density at radius 1 is 1.20 bits per heavy atom. The lowest BCUT2D eigenvalue weighted by atomic mass is 9.92. The van der Waals surface area contributed by atoms with Crippen molar-refractivity contribution in [1.82, 2.24) is 15.1 Å². The lowest BCUT2D eigenvalue weighted by Gasteiger charge is -2.23. The largest absolute Gasteiger partial charge is 0.454 e. The number of benzene rings is 1. The van der Waals surface area contributed by atoms with Crippen LogP contribution in [0.25, 0.3) is 0 Å². The highest BCUT2D eigenvalue weighted by atomic mass is 16.7. The van der Waals surface area contributed by atoms with Gasteiger partial charge >= 0.3 is 6.03 Å². The van der Waals surface area contributed by atoms with Gasteiger partial charge in [-0.3, -0.25) is 9.69 Å². The van der Waals surface area contributed by atoms with Crippen LogP contribution < -0.4 is 14.8 Å². The minimum Gasteiger partial charge on any atom is -0.454 e. The molecule has 3 rings (SSSR count). The van der Waals surface area contributed by atoms with Gasteiger partial charge in [0.05, 0.1) is 0 Å². The first-order valence-corrected chi connectivity index (χ1v) is 8.72. The highest BCUT2D eigenvalue weighted by Gasteiger charge is 2.47. The third-order valence-electron chi connectivity index (χ3n) is 4.87. The van der Waals surface area contributed by atoms with Crippen LogP contribution in [-0.4, -0.2) is 60.2 Å². The van der Waals surface area contributed by atoms with Crippen molar-refractivity contribution in [2.75, 3.05) is 33.0 Å². The van der Waals surface area contributed by atoms with Crippen LogP contribution in [0.4, 0.5) is 4.79 Å². The number of ether oxygens (including phenoxy) is 2. The number of amides is 3. The number of likely N-dealkylation sites (N-methyl/N-ethyl adjacent to an activating group) is 1. The molecule has 0 bridgehead atoms. The maximum absolute atomic E-state index is 12.8. The van der Waals surface area contributed by atoms with Gasteiger partial charge in [0.2, 0.25) is 6.79 Å². The van der Waals surface area contributed by atoms with Crippen molar-refractivity contribution in [1.29, 1.82) is 0 Å². The Balaban J connectivity index is 1.69. The SMILES string of the molecule is CCN(CC)CCN1C(=O)N[C@@](C)(Cc2ccc3c(c2)OCO3)C1=O. The predicted molar refractivity (Wildman–Crippen MR) is 92.7 cm³/mol. The molecule has 1 fully saturated rings. The smallest absolute Gasteiger partial charge is 0.325 e. The van der Waals surface area contributed by atoms with Gasteiger partial charge in [-0.25, -0.2) is 4.79 Å². The Morgan fingerprint density at radius 3 is 2.64 bits per heavy atom. The van der Waals surface area contributed by atoms with Crippen molar-refractivity contribution < 1.29 is 19.1 Å². The molecule has 3 amide bonds. The molecule has 2 heterocycles. The van der Waals surface area contributed by atoms with Gasteiger partial charge in [0, 0.05) is 19.5 Å². The second-order valence-electron chi connectivity index (χ2n) is 6.61. The van der Waals surface area contributed by atoms with Gasteiger partial charge in [-0.2, -0.15) is 0 Å². The van der Waals surface area contributed by atoms with E-state index in [0.717, 1.165) is 18.7 Å². The average molecular weight is 347 g/mol. The molecule has 1 aromatic carbocycles. The molecule has 25 heavy (non-hydrogen) atoms. The summed E-state index contributed by atoms with van der Waals surface area (Å²) in [5.41, 5.74) is -0.0143. The van der Waals surface area contributed by atoms with Crippen molar-refractivity contribution in [2.45, 2.75) is 32.7 Å². The Kier molecular flexibility index (Phi) is 4.85. The highest BCUT2D eigenvalue weighted by Crippen LogP contribution is 2.34. The zero-order valence-electron chi connectivity index (χ0n) is 15.0. The van der Waals surface area contributed by atoms with Crippen LogP contribution in [0.1, 0.15) is 26.3 Å². The number of carbonyl (C=O) groups excluding carboxylic acids is 2. The summed E-state index contributed by atoms with van der Waals surface area (Å²) in [6.07, 6.45) is 0.413. The van der Waals surface area contributed by atoms with E-state index in [1.54, 1.807) is 6.92 Å². The maximum atomic E-state index is 12.8. The molecule has 136 valence electrons. The second-order valence-corrected chi connectivity index (χ2v) is 6.61. The molecule has 1 saturated heterocycles. The van der Waals surface area contributed by atoms with E-state index in [-0.39, 0.29) is 18.7 Å². The zero-order valence-corrected chi connectivity index (χ0v) is 15.0. The summed E-state index contributed by atoms with van der Waals surface area (Å²) in [5, 5.41) is 2.85. The van der Waals surface area contributed by atoms with Crippen LogP contribution in [0.3, 0.4) is 0 Å². The van der Waals surface area contributed by atoms with Gasteiger partial charge in [-0.1, -0.05) is 19.9 Å². The first-order valence-electron chi connectivity index (χ1n) is 8.72. The molecule has 0 radical (unpaired) electrons. The van der Waals surface area contributed by atoms with Crippen molar-refractivity contribution in [3.05, 3.63) is 23.8 Å². The van der Waals surface area contributed by atoms with E-state index >= 15 is 0 Å². The van der Waals surface area contributed by atoms with Crippen molar-refractivity contribution in [3.63, 3.8) is 0 Å². The standard InChI is InChI=1S/C18H25N3O4/c1-4-20(5-2)8-9-21-16(22)18(3,19-17(21)23)11-13-6-7-14-15(10-13)25-12-24-14/h6-7,10H,4-5,8-9,11-12H2,1-3H3,(H,19,23)/t18-/m0/s1. The van der Waals surface area contributed by atoms with Crippen molar-refractivity contribution in [3.8, 4) is 11.5 Å². The van der Waals surface area contributed by atoms with Gasteiger partial charge in [-0.15, -0.1) is 0 Å². The number of carbonyl (C=O) groups is 2. The molecule has 1 atom stereocenters. The molecule has 7 heteroatoms. The molecule has 0 aliphatic carbocycles. The minimum atomic E-state index is -0.936. The first kappa shape index (κ1) is 17.5. The van der Waals surface area contributed by atoms with Crippen LogP contribution in [0.5, 0.6) is 11.5 Å². The molecule has 0 saturated carbocycles. The summed E-state index contributed by atoms with van der Waals surface area (Å²) in [6, 6.07) is 5.28. The number of fused-ring (bicyclic) bond motifs is 1. The van der Waals surface area contributed by atoms with Gasteiger partial charge in [-0.05, 0) is 37.7 Å². The monoisotopic (exact) mass is 347 g/mol. The molecular formula is C18H25N3O4. The van der Waals surface area contributed by atoms with E-state index in [1.807, 2.05) is 18.2 Å². The van der Waals surface area contributed by atoms with Crippen LogP contribution in [0.15, 0.2) is 18.2 Å². The summed E-state index contributed by atoms with van der Waals surface area (Å²) in [6.45, 7) is 9.01. The number of nitrogens with one attached hydrogen (secondary N) is 1.